The monoisotopic (exact) mass is 345 g/mol. The third-order valence-electron chi connectivity index (χ3n) is 5.67. The number of aromatic nitrogens is 1. The number of carboxylic acids is 1. The highest BCUT2D eigenvalue weighted by Gasteiger charge is 2.41. The fraction of sp³-hybridized carbons (Fsp3) is 0.632. The Morgan fingerprint density at radius 3 is 2.36 bits per heavy atom. The Labute approximate surface area is 148 Å². The molecule has 0 saturated carbocycles. The molecule has 0 radical (unpaired) electrons. The first-order chi connectivity index (χ1) is 12.1. The Morgan fingerprint density at radius 1 is 1.04 bits per heavy atom. The van der Waals surface area contributed by atoms with Crippen LogP contribution in [0.3, 0.4) is 0 Å². The number of nitrogens with zero attached hydrogens (tertiary/aromatic N) is 3. The van der Waals surface area contributed by atoms with Crippen LogP contribution in [0.1, 0.15) is 44.9 Å². The van der Waals surface area contributed by atoms with Gasteiger partial charge < -0.3 is 14.9 Å². The molecular formula is C19H27N3O3. The van der Waals surface area contributed by atoms with Crippen molar-refractivity contribution in [2.24, 2.45) is 5.41 Å². The van der Waals surface area contributed by atoms with Crippen LogP contribution in [0.2, 0.25) is 0 Å². The summed E-state index contributed by atoms with van der Waals surface area (Å²) in [6.07, 6.45) is 8.90. The summed E-state index contributed by atoms with van der Waals surface area (Å²) in [5, 5.41) is 8.66. The molecular weight excluding hydrogens is 318 g/mol. The van der Waals surface area contributed by atoms with Crippen molar-refractivity contribution in [2.75, 3.05) is 31.1 Å². The van der Waals surface area contributed by atoms with Crippen molar-refractivity contribution in [3.63, 3.8) is 0 Å². The molecule has 2 aliphatic rings. The highest BCUT2D eigenvalue weighted by atomic mass is 16.4. The smallest absolute Gasteiger partial charge is 0.303 e. The minimum absolute atomic E-state index is 0.155. The molecule has 2 saturated heterocycles. The van der Waals surface area contributed by atoms with Gasteiger partial charge in [0.05, 0.1) is 0 Å². The minimum atomic E-state index is -0.784. The van der Waals surface area contributed by atoms with Gasteiger partial charge in [0.2, 0.25) is 5.91 Å². The zero-order valence-electron chi connectivity index (χ0n) is 14.7. The van der Waals surface area contributed by atoms with Crippen LogP contribution in [-0.4, -0.2) is 53.0 Å². The molecule has 1 amide bonds. The van der Waals surface area contributed by atoms with Crippen molar-refractivity contribution in [3.8, 4) is 0 Å². The van der Waals surface area contributed by atoms with Gasteiger partial charge in [-0.3, -0.25) is 14.6 Å². The van der Waals surface area contributed by atoms with Gasteiger partial charge in [0.15, 0.2) is 0 Å². The number of carboxylic acid groups (broad SMARTS) is 1. The van der Waals surface area contributed by atoms with E-state index in [2.05, 4.69) is 22.0 Å². The second-order valence-corrected chi connectivity index (χ2v) is 7.36. The summed E-state index contributed by atoms with van der Waals surface area (Å²) in [4.78, 5) is 31.4. The number of anilines is 1. The quantitative estimate of drug-likeness (QED) is 0.802. The minimum Gasteiger partial charge on any atom is -0.481 e. The molecule has 1 aromatic rings. The summed E-state index contributed by atoms with van der Waals surface area (Å²) in [5.74, 6) is -0.590. The van der Waals surface area contributed by atoms with Gasteiger partial charge in [0, 0.05) is 57.1 Å². The predicted octanol–water partition coefficient (Wildman–Crippen LogP) is 2.55. The maximum Gasteiger partial charge on any atom is 0.303 e. The molecule has 2 fully saturated rings. The molecule has 0 atom stereocenters. The molecule has 6 nitrogen and oxygen atoms in total. The molecule has 3 heterocycles. The number of unbranched alkanes of at least 4 members (excludes halogenated alkanes) is 1. The van der Waals surface area contributed by atoms with Gasteiger partial charge in [-0.25, -0.2) is 0 Å². The average molecular weight is 345 g/mol. The zero-order chi connectivity index (χ0) is 17.7. The van der Waals surface area contributed by atoms with Crippen molar-refractivity contribution in [1.29, 1.82) is 0 Å². The first kappa shape index (κ1) is 17.7. The van der Waals surface area contributed by atoms with E-state index < -0.39 is 5.97 Å². The number of carbonyl (C=O) groups excluding carboxylic acids is 1. The van der Waals surface area contributed by atoms with Crippen LogP contribution in [0, 0.1) is 5.41 Å². The van der Waals surface area contributed by atoms with Gasteiger partial charge in [-0.1, -0.05) is 0 Å². The molecule has 0 unspecified atom stereocenters. The first-order valence-corrected chi connectivity index (χ1v) is 9.23. The summed E-state index contributed by atoms with van der Waals surface area (Å²) in [6, 6.07) is 4.11. The molecule has 25 heavy (non-hydrogen) atoms. The number of hydrogen-bond acceptors (Lipinski definition) is 4. The second kappa shape index (κ2) is 7.85. The van der Waals surface area contributed by atoms with Crippen LogP contribution in [0.15, 0.2) is 24.5 Å². The molecule has 6 heteroatoms. The number of aliphatic carboxylic acids is 1. The lowest BCUT2D eigenvalue weighted by Gasteiger charge is -2.40. The van der Waals surface area contributed by atoms with E-state index in [9.17, 15) is 9.59 Å². The topological polar surface area (TPSA) is 73.7 Å². The maximum atomic E-state index is 12.4. The molecule has 1 spiro atoms. The number of carbonyl (C=O) groups is 2. The van der Waals surface area contributed by atoms with Crippen LogP contribution >= 0.6 is 0 Å². The Hall–Kier alpha value is -2.11. The van der Waals surface area contributed by atoms with Gasteiger partial charge in [0.1, 0.15) is 0 Å². The van der Waals surface area contributed by atoms with E-state index in [4.69, 9.17) is 5.11 Å². The average Bonchev–Trinajstić information content (AvgIpc) is 3.04. The Morgan fingerprint density at radius 2 is 1.68 bits per heavy atom. The normalized spacial score (nSPS) is 19.4. The Bertz CT molecular complexity index is 597. The van der Waals surface area contributed by atoms with Crippen LogP contribution in [0.5, 0.6) is 0 Å². The number of likely N-dealkylation sites (tertiary alicyclic amines) is 1. The summed E-state index contributed by atoms with van der Waals surface area (Å²) < 4.78 is 0. The standard InChI is InChI=1S/C19H27N3O3/c23-17(3-1-2-4-18(24)25)22-14-9-19(15-22)7-12-21(13-8-19)16-5-10-20-11-6-16/h5-6,10-11H,1-4,7-9,12-15H2,(H,24,25). The number of hydrogen-bond donors (Lipinski definition) is 1. The maximum absolute atomic E-state index is 12.4. The van der Waals surface area contributed by atoms with E-state index in [1.165, 1.54) is 5.69 Å². The summed E-state index contributed by atoms with van der Waals surface area (Å²) in [5.41, 5.74) is 1.51. The molecule has 0 aliphatic carbocycles. The molecule has 1 aromatic heterocycles. The van der Waals surface area contributed by atoms with Crippen molar-refractivity contribution < 1.29 is 14.7 Å². The zero-order valence-corrected chi connectivity index (χ0v) is 14.7. The van der Waals surface area contributed by atoms with E-state index in [0.29, 0.717) is 19.3 Å². The fourth-order valence-corrected chi connectivity index (χ4v) is 4.06. The summed E-state index contributed by atoms with van der Waals surface area (Å²) in [7, 11) is 0. The molecule has 2 aliphatic heterocycles. The highest BCUT2D eigenvalue weighted by molar-refractivity contribution is 5.76. The van der Waals surface area contributed by atoms with Crippen molar-refractivity contribution in [2.45, 2.75) is 44.9 Å². The first-order valence-electron chi connectivity index (χ1n) is 9.23. The van der Waals surface area contributed by atoms with Crippen molar-refractivity contribution in [3.05, 3.63) is 24.5 Å². The lowest BCUT2D eigenvalue weighted by atomic mass is 9.77. The van der Waals surface area contributed by atoms with Gasteiger partial charge in [-0.05, 0) is 49.7 Å². The van der Waals surface area contributed by atoms with E-state index in [0.717, 1.165) is 45.4 Å². The fourth-order valence-electron chi connectivity index (χ4n) is 4.06. The molecule has 0 aromatic carbocycles. The third-order valence-corrected chi connectivity index (χ3v) is 5.67. The van der Waals surface area contributed by atoms with Crippen LogP contribution in [0.4, 0.5) is 5.69 Å². The van der Waals surface area contributed by atoms with E-state index in [-0.39, 0.29) is 17.7 Å². The molecule has 0 bridgehead atoms. The molecule has 3 rings (SSSR count). The van der Waals surface area contributed by atoms with Gasteiger partial charge in [-0.2, -0.15) is 0 Å². The van der Waals surface area contributed by atoms with Crippen LogP contribution < -0.4 is 4.90 Å². The number of pyridine rings is 1. The van der Waals surface area contributed by atoms with Gasteiger partial charge in [0.25, 0.3) is 0 Å². The second-order valence-electron chi connectivity index (χ2n) is 7.36. The number of rotatable bonds is 6. The third kappa shape index (κ3) is 4.50. The largest absolute Gasteiger partial charge is 0.481 e. The van der Waals surface area contributed by atoms with Crippen LogP contribution in [0.25, 0.3) is 0 Å². The lowest BCUT2D eigenvalue weighted by Crippen LogP contribution is -2.42. The van der Waals surface area contributed by atoms with E-state index in [1.54, 1.807) is 0 Å². The number of piperidine rings is 1. The Balaban J connectivity index is 1.45. The molecule has 136 valence electrons. The molecule has 1 N–H and O–H groups in total. The van der Waals surface area contributed by atoms with E-state index in [1.807, 2.05) is 17.3 Å². The lowest BCUT2D eigenvalue weighted by molar-refractivity contribution is -0.137. The van der Waals surface area contributed by atoms with Gasteiger partial charge >= 0.3 is 5.97 Å². The van der Waals surface area contributed by atoms with Crippen LogP contribution in [-0.2, 0) is 9.59 Å². The summed E-state index contributed by atoms with van der Waals surface area (Å²) >= 11 is 0. The Kier molecular flexibility index (Phi) is 5.56. The van der Waals surface area contributed by atoms with Gasteiger partial charge in [-0.15, -0.1) is 0 Å². The van der Waals surface area contributed by atoms with Crippen molar-refractivity contribution >= 4 is 17.6 Å². The van der Waals surface area contributed by atoms with Crippen molar-refractivity contribution in [1.82, 2.24) is 9.88 Å². The SMILES string of the molecule is O=C(O)CCCCC(=O)N1CCC2(CCN(c3ccncc3)CC2)C1. The van der Waals surface area contributed by atoms with E-state index >= 15 is 0 Å². The highest BCUT2D eigenvalue weighted by Crippen LogP contribution is 2.41. The predicted molar refractivity (Wildman–Crippen MR) is 95.4 cm³/mol. The number of amides is 1. The summed E-state index contributed by atoms with van der Waals surface area (Å²) in [6.45, 7) is 3.79.